The normalized spacial score (nSPS) is 12.3. The van der Waals surface area contributed by atoms with Crippen LogP contribution in [0.1, 0.15) is 19.7 Å². The third-order valence-electron chi connectivity index (χ3n) is 3.03. The van der Waals surface area contributed by atoms with Crippen LogP contribution in [-0.2, 0) is 12.6 Å². The van der Waals surface area contributed by atoms with E-state index < -0.39 is 0 Å². The second-order valence-electron chi connectivity index (χ2n) is 4.50. The molecule has 1 aromatic heterocycles. The van der Waals surface area contributed by atoms with E-state index in [1.54, 1.807) is 0 Å². The van der Waals surface area contributed by atoms with Gasteiger partial charge in [-0.15, -0.1) is 0 Å². The molecule has 1 N–H and O–H groups in total. The molecule has 2 aromatic rings. The van der Waals surface area contributed by atoms with Crippen LogP contribution in [0.15, 0.2) is 18.2 Å². The van der Waals surface area contributed by atoms with Crippen LogP contribution in [0, 0.1) is 0 Å². The average Bonchev–Trinajstić information content (AvgIpc) is 2.56. The van der Waals surface area contributed by atoms with E-state index in [4.69, 9.17) is 11.6 Å². The van der Waals surface area contributed by atoms with Crippen molar-refractivity contribution < 1.29 is 0 Å². The number of aromatic nitrogens is 2. The lowest BCUT2D eigenvalue weighted by Crippen LogP contribution is -2.35. The van der Waals surface area contributed by atoms with E-state index in [1.807, 2.05) is 32.3 Å². The van der Waals surface area contributed by atoms with E-state index in [1.165, 1.54) is 0 Å². The molecule has 1 aromatic carbocycles. The Morgan fingerprint density at radius 3 is 2.69 bits per heavy atom. The van der Waals surface area contributed by atoms with Gasteiger partial charge in [-0.1, -0.05) is 11.6 Å². The van der Waals surface area contributed by atoms with Crippen molar-refractivity contribution in [3.63, 3.8) is 0 Å². The summed E-state index contributed by atoms with van der Waals surface area (Å²) in [4.78, 5) is 4.63. The molecule has 0 amide bonds. The van der Waals surface area contributed by atoms with Gasteiger partial charge in [-0.25, -0.2) is 4.98 Å². The number of hydrogen-bond acceptors (Lipinski definition) is 2. The van der Waals surface area contributed by atoms with Crippen LogP contribution in [-0.4, -0.2) is 16.6 Å². The number of nitrogens with one attached hydrogen (secondary N) is 1. The van der Waals surface area contributed by atoms with Crippen LogP contribution in [0.2, 0.25) is 5.02 Å². The van der Waals surface area contributed by atoms with Crippen molar-refractivity contribution in [1.82, 2.24) is 14.9 Å². The van der Waals surface area contributed by atoms with E-state index in [0.29, 0.717) is 0 Å². The maximum Gasteiger partial charge on any atom is 0.129 e. The maximum absolute atomic E-state index is 5.96. The third kappa shape index (κ3) is 1.70. The summed E-state index contributed by atoms with van der Waals surface area (Å²) in [7, 11) is 3.96. The first kappa shape index (κ1) is 11.4. The van der Waals surface area contributed by atoms with E-state index in [0.717, 1.165) is 21.9 Å². The quantitative estimate of drug-likeness (QED) is 0.871. The molecule has 0 fully saturated rings. The zero-order valence-electron chi connectivity index (χ0n) is 10.0. The lowest BCUT2D eigenvalue weighted by atomic mass is 10.1. The number of fused-ring (bicyclic) bond motifs is 1. The molecule has 0 bridgehead atoms. The second-order valence-corrected chi connectivity index (χ2v) is 4.94. The molecule has 0 saturated heterocycles. The van der Waals surface area contributed by atoms with Crippen LogP contribution in [0.3, 0.4) is 0 Å². The zero-order valence-corrected chi connectivity index (χ0v) is 10.8. The maximum atomic E-state index is 5.96. The summed E-state index contributed by atoms with van der Waals surface area (Å²) >= 11 is 5.96. The highest BCUT2D eigenvalue weighted by atomic mass is 35.5. The number of imidazole rings is 1. The molecule has 0 aliphatic carbocycles. The number of halogens is 1. The molecule has 2 rings (SSSR count). The highest BCUT2D eigenvalue weighted by molar-refractivity contribution is 6.31. The Hall–Kier alpha value is -1.06. The minimum atomic E-state index is -0.153. The highest BCUT2D eigenvalue weighted by Gasteiger charge is 2.24. The number of nitrogens with zero attached hydrogens (tertiary/aromatic N) is 2. The minimum absolute atomic E-state index is 0.153. The number of benzene rings is 1. The SMILES string of the molecule is CNC(C)(C)c1nc2cc(Cl)ccc2n1C. The second kappa shape index (κ2) is 3.75. The molecule has 3 nitrogen and oxygen atoms in total. The Morgan fingerprint density at radius 2 is 2.06 bits per heavy atom. The molecule has 0 saturated carbocycles. The highest BCUT2D eigenvalue weighted by Crippen LogP contribution is 2.25. The summed E-state index contributed by atoms with van der Waals surface area (Å²) in [5.41, 5.74) is 1.89. The first-order chi connectivity index (χ1) is 7.45. The first-order valence-corrected chi connectivity index (χ1v) is 5.65. The van der Waals surface area contributed by atoms with Crippen LogP contribution in [0.25, 0.3) is 11.0 Å². The average molecular weight is 238 g/mol. The lowest BCUT2D eigenvalue weighted by Gasteiger charge is -2.23. The van der Waals surface area contributed by atoms with Gasteiger partial charge in [0.2, 0.25) is 0 Å². The molecule has 0 spiro atoms. The predicted octanol–water partition coefficient (Wildman–Crippen LogP) is 2.68. The Morgan fingerprint density at radius 1 is 1.38 bits per heavy atom. The van der Waals surface area contributed by atoms with Gasteiger partial charge in [-0.05, 0) is 39.1 Å². The fourth-order valence-electron chi connectivity index (χ4n) is 1.84. The summed E-state index contributed by atoms with van der Waals surface area (Å²) in [5, 5.41) is 3.98. The number of aryl methyl sites for hydroxylation is 1. The van der Waals surface area contributed by atoms with Gasteiger partial charge in [0.05, 0.1) is 16.6 Å². The molecule has 86 valence electrons. The summed E-state index contributed by atoms with van der Waals surface area (Å²) in [6.45, 7) is 4.21. The van der Waals surface area contributed by atoms with Crippen molar-refractivity contribution in [2.75, 3.05) is 7.05 Å². The number of rotatable bonds is 2. The van der Waals surface area contributed by atoms with Crippen molar-refractivity contribution in [2.24, 2.45) is 7.05 Å². The molecular weight excluding hydrogens is 222 g/mol. The summed E-state index contributed by atoms with van der Waals surface area (Å²) in [6, 6.07) is 5.79. The summed E-state index contributed by atoms with van der Waals surface area (Å²) in [5.74, 6) is 1.01. The molecule has 16 heavy (non-hydrogen) atoms. The van der Waals surface area contributed by atoms with E-state index in [-0.39, 0.29) is 5.54 Å². The third-order valence-corrected chi connectivity index (χ3v) is 3.26. The van der Waals surface area contributed by atoms with Gasteiger partial charge in [-0.2, -0.15) is 0 Å². The van der Waals surface area contributed by atoms with E-state index in [9.17, 15) is 0 Å². The van der Waals surface area contributed by atoms with Gasteiger partial charge in [0.15, 0.2) is 0 Å². The Kier molecular flexibility index (Phi) is 2.68. The van der Waals surface area contributed by atoms with Crippen LogP contribution >= 0.6 is 11.6 Å². The molecule has 1 heterocycles. The molecule has 0 radical (unpaired) electrons. The monoisotopic (exact) mass is 237 g/mol. The first-order valence-electron chi connectivity index (χ1n) is 5.27. The van der Waals surface area contributed by atoms with Crippen molar-refractivity contribution in [3.8, 4) is 0 Å². The van der Waals surface area contributed by atoms with E-state index >= 15 is 0 Å². The fraction of sp³-hybridized carbons (Fsp3) is 0.417. The summed E-state index contributed by atoms with van der Waals surface area (Å²) in [6.07, 6.45) is 0. The van der Waals surface area contributed by atoms with Crippen molar-refractivity contribution in [1.29, 1.82) is 0 Å². The van der Waals surface area contributed by atoms with Gasteiger partial charge in [0.25, 0.3) is 0 Å². The molecular formula is C12H16ClN3. The Labute approximate surface area is 100 Å². The predicted molar refractivity (Wildman–Crippen MR) is 67.8 cm³/mol. The molecule has 0 unspecified atom stereocenters. The topological polar surface area (TPSA) is 29.9 Å². The van der Waals surface area contributed by atoms with Gasteiger partial charge in [0, 0.05) is 12.1 Å². The molecule has 0 aliphatic rings. The van der Waals surface area contributed by atoms with E-state index in [2.05, 4.69) is 28.7 Å². The lowest BCUT2D eigenvalue weighted by molar-refractivity contribution is 0.407. The Balaban J connectivity index is 2.69. The van der Waals surface area contributed by atoms with Gasteiger partial charge < -0.3 is 9.88 Å². The summed E-state index contributed by atoms with van der Waals surface area (Å²) < 4.78 is 2.10. The van der Waals surface area contributed by atoms with Crippen LogP contribution < -0.4 is 5.32 Å². The van der Waals surface area contributed by atoms with Gasteiger partial charge in [-0.3, -0.25) is 0 Å². The molecule has 0 aliphatic heterocycles. The van der Waals surface area contributed by atoms with Gasteiger partial charge in [0.1, 0.15) is 5.82 Å². The largest absolute Gasteiger partial charge is 0.330 e. The molecule has 0 atom stereocenters. The standard InChI is InChI=1S/C12H16ClN3/c1-12(2,14-3)11-15-9-7-8(13)5-6-10(9)16(11)4/h5-7,14H,1-4H3. The zero-order chi connectivity index (χ0) is 11.9. The van der Waals surface area contributed by atoms with Gasteiger partial charge >= 0.3 is 0 Å². The van der Waals surface area contributed by atoms with Crippen molar-refractivity contribution >= 4 is 22.6 Å². The molecule has 4 heteroatoms. The fourth-order valence-corrected chi connectivity index (χ4v) is 2.01. The smallest absolute Gasteiger partial charge is 0.129 e. The minimum Gasteiger partial charge on any atom is -0.330 e. The number of hydrogen-bond donors (Lipinski definition) is 1. The van der Waals surface area contributed by atoms with Crippen molar-refractivity contribution in [2.45, 2.75) is 19.4 Å². The van der Waals surface area contributed by atoms with Crippen molar-refractivity contribution in [3.05, 3.63) is 29.0 Å². The van der Waals surface area contributed by atoms with Crippen LogP contribution in [0.5, 0.6) is 0 Å². The van der Waals surface area contributed by atoms with Crippen LogP contribution in [0.4, 0.5) is 0 Å². The Bertz CT molecular complexity index is 528.